The van der Waals surface area contributed by atoms with Gasteiger partial charge in [0.15, 0.2) is 0 Å². The molecule has 1 aliphatic rings. The van der Waals surface area contributed by atoms with Crippen molar-refractivity contribution < 1.29 is 5.11 Å². The van der Waals surface area contributed by atoms with E-state index in [1.807, 2.05) is 0 Å². The summed E-state index contributed by atoms with van der Waals surface area (Å²) in [6.07, 6.45) is 8.53. The topological polar surface area (TPSA) is 36.4 Å². The van der Waals surface area contributed by atoms with E-state index in [1.165, 1.54) is 43.2 Å². The van der Waals surface area contributed by atoms with Gasteiger partial charge in [0, 0.05) is 12.6 Å². The zero-order valence-electron chi connectivity index (χ0n) is 18.5. The van der Waals surface area contributed by atoms with Gasteiger partial charge in [-0.15, -0.1) is 0 Å². The van der Waals surface area contributed by atoms with Crippen LogP contribution in [0.2, 0.25) is 0 Å². The molecular weight excluding hydrogens is 356 g/mol. The quantitative estimate of drug-likeness (QED) is 0.503. The van der Waals surface area contributed by atoms with E-state index in [-0.39, 0.29) is 0 Å². The molecule has 1 aromatic heterocycles. The summed E-state index contributed by atoms with van der Waals surface area (Å²) in [6, 6.07) is 15.6. The van der Waals surface area contributed by atoms with E-state index in [0.29, 0.717) is 12.0 Å². The number of hydrogen-bond acceptors (Lipinski definition) is 3. The number of aliphatic hydroxyl groups is 1. The summed E-state index contributed by atoms with van der Waals surface area (Å²) in [5, 5.41) is 10.6. The molecule has 0 saturated heterocycles. The smallest absolute Gasteiger partial charge is 0.132 e. The highest BCUT2D eigenvalue weighted by molar-refractivity contribution is 5.50. The van der Waals surface area contributed by atoms with Crippen molar-refractivity contribution in [2.24, 2.45) is 5.92 Å². The van der Waals surface area contributed by atoms with E-state index in [4.69, 9.17) is 4.98 Å². The summed E-state index contributed by atoms with van der Waals surface area (Å²) in [7, 11) is 0. The third kappa shape index (κ3) is 5.82. The zero-order chi connectivity index (χ0) is 20.6. The number of rotatable bonds is 10. The van der Waals surface area contributed by atoms with Crippen LogP contribution >= 0.6 is 0 Å². The third-order valence-electron chi connectivity index (χ3n) is 6.38. The highest BCUT2D eigenvalue weighted by Crippen LogP contribution is 2.33. The zero-order valence-corrected chi connectivity index (χ0v) is 18.5. The molecule has 0 amide bonds. The lowest BCUT2D eigenvalue weighted by molar-refractivity contribution is 0.162. The second-order valence-electron chi connectivity index (χ2n) is 8.79. The monoisotopic (exact) mass is 394 g/mol. The summed E-state index contributed by atoms with van der Waals surface area (Å²) >= 11 is 0. The molecule has 0 radical (unpaired) electrons. The van der Waals surface area contributed by atoms with Gasteiger partial charge in [-0.25, -0.2) is 4.98 Å². The Morgan fingerprint density at radius 1 is 1.07 bits per heavy atom. The van der Waals surface area contributed by atoms with Gasteiger partial charge in [-0.2, -0.15) is 0 Å². The summed E-state index contributed by atoms with van der Waals surface area (Å²) in [4.78, 5) is 7.64. The van der Waals surface area contributed by atoms with Gasteiger partial charge in [-0.1, -0.05) is 82.9 Å². The SMILES string of the molecule is CCCC(O)c1ccc(CC(C)CC)c(N(Cc2ccccc2)C2CCCC2)n1. The maximum absolute atomic E-state index is 10.6. The number of anilines is 1. The third-order valence-corrected chi connectivity index (χ3v) is 6.38. The van der Waals surface area contributed by atoms with Crippen molar-refractivity contribution in [2.75, 3.05) is 4.90 Å². The molecule has 1 heterocycles. The van der Waals surface area contributed by atoms with Gasteiger partial charge in [0.2, 0.25) is 0 Å². The van der Waals surface area contributed by atoms with Crippen molar-refractivity contribution in [3.63, 3.8) is 0 Å². The van der Waals surface area contributed by atoms with Crippen LogP contribution in [-0.2, 0) is 13.0 Å². The van der Waals surface area contributed by atoms with E-state index in [0.717, 1.165) is 37.3 Å². The lowest BCUT2D eigenvalue weighted by Gasteiger charge is -2.33. The molecule has 2 atom stereocenters. The number of pyridine rings is 1. The van der Waals surface area contributed by atoms with Crippen LogP contribution in [0.15, 0.2) is 42.5 Å². The van der Waals surface area contributed by atoms with Gasteiger partial charge in [-0.05, 0) is 48.8 Å². The van der Waals surface area contributed by atoms with Crippen molar-refractivity contribution in [2.45, 2.75) is 90.8 Å². The van der Waals surface area contributed by atoms with E-state index < -0.39 is 6.10 Å². The van der Waals surface area contributed by atoms with Crippen LogP contribution in [0.3, 0.4) is 0 Å². The van der Waals surface area contributed by atoms with Gasteiger partial charge < -0.3 is 10.0 Å². The average Bonchev–Trinajstić information content (AvgIpc) is 3.28. The maximum Gasteiger partial charge on any atom is 0.132 e. The first-order valence-electron chi connectivity index (χ1n) is 11.6. The fraction of sp³-hybridized carbons (Fsp3) is 0.577. The molecule has 3 nitrogen and oxygen atoms in total. The molecule has 1 aromatic carbocycles. The second-order valence-corrected chi connectivity index (χ2v) is 8.79. The van der Waals surface area contributed by atoms with Crippen molar-refractivity contribution in [1.82, 2.24) is 4.98 Å². The number of benzene rings is 1. The number of nitrogens with zero attached hydrogens (tertiary/aromatic N) is 2. The molecule has 1 aliphatic carbocycles. The Balaban J connectivity index is 2.00. The second kappa shape index (κ2) is 10.8. The van der Waals surface area contributed by atoms with Crippen LogP contribution < -0.4 is 4.90 Å². The minimum atomic E-state index is -0.474. The van der Waals surface area contributed by atoms with Crippen molar-refractivity contribution >= 4 is 5.82 Å². The van der Waals surface area contributed by atoms with Crippen LogP contribution in [0, 0.1) is 5.92 Å². The normalized spacial score (nSPS) is 16.7. The molecule has 1 saturated carbocycles. The van der Waals surface area contributed by atoms with E-state index >= 15 is 0 Å². The van der Waals surface area contributed by atoms with Gasteiger partial charge in [0.1, 0.15) is 5.82 Å². The summed E-state index contributed by atoms with van der Waals surface area (Å²) in [6.45, 7) is 7.58. The molecule has 0 spiro atoms. The van der Waals surface area contributed by atoms with Gasteiger partial charge in [0.25, 0.3) is 0 Å². The molecule has 2 aromatic rings. The van der Waals surface area contributed by atoms with Crippen molar-refractivity contribution in [3.05, 3.63) is 59.3 Å². The first kappa shape index (κ1) is 21.8. The Labute approximate surface area is 177 Å². The molecule has 0 bridgehead atoms. The fourth-order valence-electron chi connectivity index (χ4n) is 4.40. The van der Waals surface area contributed by atoms with Crippen LogP contribution in [0.25, 0.3) is 0 Å². The Bertz CT molecular complexity index is 740. The van der Waals surface area contributed by atoms with E-state index in [9.17, 15) is 5.11 Å². The largest absolute Gasteiger partial charge is 0.387 e. The van der Waals surface area contributed by atoms with Crippen molar-refractivity contribution in [1.29, 1.82) is 0 Å². The van der Waals surface area contributed by atoms with Crippen LogP contribution in [-0.4, -0.2) is 16.1 Å². The highest BCUT2D eigenvalue weighted by Gasteiger charge is 2.27. The molecule has 3 heteroatoms. The lowest BCUT2D eigenvalue weighted by Crippen LogP contribution is -2.34. The minimum Gasteiger partial charge on any atom is -0.387 e. The minimum absolute atomic E-state index is 0.474. The molecule has 3 rings (SSSR count). The predicted octanol–water partition coefficient (Wildman–Crippen LogP) is 6.45. The lowest BCUT2D eigenvalue weighted by atomic mass is 9.97. The number of aromatic nitrogens is 1. The number of hydrogen-bond donors (Lipinski definition) is 1. The van der Waals surface area contributed by atoms with Crippen LogP contribution in [0.5, 0.6) is 0 Å². The molecule has 1 fully saturated rings. The molecule has 2 unspecified atom stereocenters. The average molecular weight is 395 g/mol. The Hall–Kier alpha value is -1.87. The molecule has 29 heavy (non-hydrogen) atoms. The van der Waals surface area contributed by atoms with E-state index in [2.05, 4.69) is 68.1 Å². The maximum atomic E-state index is 10.6. The summed E-state index contributed by atoms with van der Waals surface area (Å²) in [5.41, 5.74) is 3.48. The summed E-state index contributed by atoms with van der Waals surface area (Å²) < 4.78 is 0. The Morgan fingerprint density at radius 3 is 2.45 bits per heavy atom. The van der Waals surface area contributed by atoms with Crippen LogP contribution in [0.1, 0.15) is 88.6 Å². The molecule has 158 valence electrons. The Morgan fingerprint density at radius 2 is 1.79 bits per heavy atom. The highest BCUT2D eigenvalue weighted by atomic mass is 16.3. The molecule has 1 N–H and O–H groups in total. The van der Waals surface area contributed by atoms with Gasteiger partial charge in [-0.3, -0.25) is 0 Å². The van der Waals surface area contributed by atoms with Gasteiger partial charge >= 0.3 is 0 Å². The fourth-order valence-corrected chi connectivity index (χ4v) is 4.40. The first-order valence-corrected chi connectivity index (χ1v) is 11.6. The first-order chi connectivity index (χ1) is 14.1. The molecule has 0 aliphatic heterocycles. The van der Waals surface area contributed by atoms with Crippen molar-refractivity contribution in [3.8, 4) is 0 Å². The van der Waals surface area contributed by atoms with E-state index in [1.54, 1.807) is 0 Å². The Kier molecular flexibility index (Phi) is 8.11. The summed E-state index contributed by atoms with van der Waals surface area (Å²) in [5.74, 6) is 1.73. The van der Waals surface area contributed by atoms with Crippen LogP contribution in [0.4, 0.5) is 5.82 Å². The standard InChI is InChI=1S/C26H38N2O/c1-4-11-25(29)24-17-16-22(18-20(3)5-2)26(27-24)28(23-14-9-10-15-23)19-21-12-7-6-8-13-21/h6-8,12-13,16-17,20,23,25,29H,4-5,9-11,14-15,18-19H2,1-3H3. The van der Waals surface area contributed by atoms with Gasteiger partial charge in [0.05, 0.1) is 11.8 Å². The predicted molar refractivity (Wildman–Crippen MR) is 122 cm³/mol. The number of aliphatic hydroxyl groups excluding tert-OH is 1. The molecular formula is C26H38N2O.